The van der Waals surface area contributed by atoms with E-state index in [9.17, 15) is 15.0 Å². The molecule has 0 aliphatic carbocycles. The minimum atomic E-state index is -1.04. The number of phenols is 1. The summed E-state index contributed by atoms with van der Waals surface area (Å²) in [5.41, 5.74) is 8.23. The minimum absolute atomic E-state index is 0.120. The number of nitrogen functional groups attached to an aromatic ring is 1. The highest BCUT2D eigenvalue weighted by Gasteiger charge is 2.38. The van der Waals surface area contributed by atoms with E-state index in [1.807, 2.05) is 42.5 Å². The van der Waals surface area contributed by atoms with E-state index in [0.717, 1.165) is 11.3 Å². The van der Waals surface area contributed by atoms with Gasteiger partial charge in [0.1, 0.15) is 5.75 Å². The molecule has 1 saturated heterocycles. The van der Waals surface area contributed by atoms with E-state index in [4.69, 9.17) is 5.73 Å². The van der Waals surface area contributed by atoms with Gasteiger partial charge in [-0.3, -0.25) is 0 Å². The van der Waals surface area contributed by atoms with Gasteiger partial charge in [-0.2, -0.15) is 0 Å². The summed E-state index contributed by atoms with van der Waals surface area (Å²) in [6, 6.07) is 18.4. The number of amides is 1. The molecule has 0 radical (unpaired) electrons. The Morgan fingerprint density at radius 2 is 1.70 bits per heavy atom. The topological polar surface area (TPSA) is 125 Å². The Hall–Kier alpha value is -3.81. The summed E-state index contributed by atoms with van der Waals surface area (Å²) in [4.78, 5) is 13.6. The van der Waals surface area contributed by atoms with Gasteiger partial charge in [-0.1, -0.05) is 42.5 Å². The number of nitrogens with two attached hydrogens (primary N) is 1. The number of nitrogens with zero attached hydrogens (tertiary/aromatic N) is 3. The Balaban J connectivity index is 1.61. The molecular formula is C22H23N5O3. The molecule has 0 saturated carbocycles. The smallest absolute Gasteiger partial charge is 0.405 e. The fourth-order valence-corrected chi connectivity index (χ4v) is 4.04. The molecule has 4 rings (SSSR count). The first-order valence-electron chi connectivity index (χ1n) is 9.72. The number of aromatic nitrogens is 2. The van der Waals surface area contributed by atoms with Gasteiger partial charge in [0.05, 0.1) is 16.9 Å². The number of hydrogen-bond acceptors (Lipinski definition) is 6. The van der Waals surface area contributed by atoms with Crippen LogP contribution in [0, 0.1) is 0 Å². The third kappa shape index (κ3) is 3.71. The summed E-state index contributed by atoms with van der Waals surface area (Å²) in [5, 5.41) is 30.5. The minimum Gasteiger partial charge on any atom is -0.507 e. The van der Waals surface area contributed by atoms with Crippen LogP contribution >= 0.6 is 0 Å². The number of aromatic hydroxyl groups is 1. The largest absolute Gasteiger partial charge is 0.507 e. The Bertz CT molecular complexity index is 1050. The molecule has 1 fully saturated rings. The predicted octanol–water partition coefficient (Wildman–Crippen LogP) is 3.19. The quantitative estimate of drug-likeness (QED) is 0.525. The number of benzene rings is 2. The summed E-state index contributed by atoms with van der Waals surface area (Å²) in [6.45, 7) is 1.18. The van der Waals surface area contributed by atoms with Crippen LogP contribution in [0.5, 0.6) is 5.75 Å². The van der Waals surface area contributed by atoms with Crippen LogP contribution in [0.15, 0.2) is 60.7 Å². The molecule has 1 aliphatic rings. The zero-order chi connectivity index (χ0) is 21.1. The Morgan fingerprint density at radius 3 is 2.37 bits per heavy atom. The van der Waals surface area contributed by atoms with Gasteiger partial charge in [0.25, 0.3) is 0 Å². The predicted molar refractivity (Wildman–Crippen MR) is 114 cm³/mol. The summed E-state index contributed by atoms with van der Waals surface area (Å²) < 4.78 is 0. The number of nitrogens with one attached hydrogen (secondary N) is 1. The Morgan fingerprint density at radius 1 is 1.03 bits per heavy atom. The van der Waals surface area contributed by atoms with Crippen molar-refractivity contribution in [1.29, 1.82) is 0 Å². The molecule has 2 heterocycles. The van der Waals surface area contributed by atoms with Gasteiger partial charge >= 0.3 is 6.09 Å². The molecule has 5 N–H and O–H groups in total. The highest BCUT2D eigenvalue weighted by Crippen LogP contribution is 2.37. The van der Waals surface area contributed by atoms with Crippen molar-refractivity contribution in [3.05, 3.63) is 66.2 Å². The van der Waals surface area contributed by atoms with E-state index >= 15 is 0 Å². The van der Waals surface area contributed by atoms with E-state index in [0.29, 0.717) is 43.0 Å². The molecule has 0 bridgehead atoms. The molecule has 0 unspecified atom stereocenters. The van der Waals surface area contributed by atoms with Gasteiger partial charge in [0.15, 0.2) is 5.82 Å². The molecule has 0 spiro atoms. The van der Waals surface area contributed by atoms with Crippen molar-refractivity contribution >= 4 is 17.6 Å². The van der Waals surface area contributed by atoms with Crippen LogP contribution in [0.25, 0.3) is 11.3 Å². The highest BCUT2D eigenvalue weighted by molar-refractivity contribution is 5.74. The molecule has 3 aromatic rings. The molecule has 30 heavy (non-hydrogen) atoms. The van der Waals surface area contributed by atoms with Gasteiger partial charge < -0.3 is 26.2 Å². The number of piperidine rings is 1. The van der Waals surface area contributed by atoms with Crippen molar-refractivity contribution in [3.8, 4) is 17.0 Å². The molecule has 154 valence electrons. The first-order chi connectivity index (χ1) is 14.5. The van der Waals surface area contributed by atoms with Crippen LogP contribution in [0.3, 0.4) is 0 Å². The van der Waals surface area contributed by atoms with E-state index in [1.165, 1.54) is 0 Å². The van der Waals surface area contributed by atoms with Gasteiger partial charge in [-0.25, -0.2) is 4.79 Å². The fraction of sp³-hybridized carbons (Fsp3) is 0.227. The van der Waals surface area contributed by atoms with E-state index in [1.54, 1.807) is 18.2 Å². The van der Waals surface area contributed by atoms with Crippen molar-refractivity contribution in [1.82, 2.24) is 15.5 Å². The summed E-state index contributed by atoms with van der Waals surface area (Å²) in [5.74, 6) is 0.419. The summed E-state index contributed by atoms with van der Waals surface area (Å²) in [7, 11) is 0. The Kier molecular flexibility index (Phi) is 5.14. The maximum absolute atomic E-state index is 11.5. The summed E-state index contributed by atoms with van der Waals surface area (Å²) >= 11 is 0. The lowest BCUT2D eigenvalue weighted by Crippen LogP contribution is -2.53. The van der Waals surface area contributed by atoms with Gasteiger partial charge in [0, 0.05) is 18.7 Å². The van der Waals surface area contributed by atoms with Crippen LogP contribution in [-0.4, -0.2) is 39.6 Å². The number of carbonyl (C=O) groups is 1. The van der Waals surface area contributed by atoms with Gasteiger partial charge in [-0.05, 0) is 36.6 Å². The first kappa shape index (κ1) is 19.5. The molecule has 0 atom stereocenters. The molecule has 1 aliphatic heterocycles. The zero-order valence-corrected chi connectivity index (χ0v) is 16.3. The maximum atomic E-state index is 11.5. The zero-order valence-electron chi connectivity index (χ0n) is 16.3. The molecule has 2 aromatic carbocycles. The number of hydrogen-bond donors (Lipinski definition) is 4. The normalized spacial score (nSPS) is 15.5. The van der Waals surface area contributed by atoms with E-state index < -0.39 is 11.6 Å². The third-order valence-electron chi connectivity index (χ3n) is 5.61. The first-order valence-corrected chi connectivity index (χ1v) is 9.72. The number of para-hydroxylation sites is 1. The molecular weight excluding hydrogens is 382 g/mol. The Labute approximate surface area is 174 Å². The lowest BCUT2D eigenvalue weighted by atomic mass is 9.81. The molecule has 1 amide bonds. The van der Waals surface area contributed by atoms with Gasteiger partial charge in [0.2, 0.25) is 0 Å². The van der Waals surface area contributed by atoms with Crippen molar-refractivity contribution in [2.75, 3.05) is 23.7 Å². The van der Waals surface area contributed by atoms with Crippen LogP contribution in [0.2, 0.25) is 0 Å². The van der Waals surface area contributed by atoms with E-state index in [-0.39, 0.29) is 5.75 Å². The van der Waals surface area contributed by atoms with E-state index in [2.05, 4.69) is 20.4 Å². The highest BCUT2D eigenvalue weighted by atomic mass is 16.4. The average molecular weight is 405 g/mol. The van der Waals surface area contributed by atoms with Crippen molar-refractivity contribution < 1.29 is 15.0 Å². The molecule has 8 heteroatoms. The SMILES string of the molecule is Nc1nnc(-c2ccccc2O)cc1N1CCC(NC(=O)O)(c2ccccc2)CC1. The van der Waals surface area contributed by atoms with Crippen LogP contribution < -0.4 is 16.0 Å². The summed E-state index contributed by atoms with van der Waals surface area (Å²) in [6.07, 6.45) is 0.118. The van der Waals surface area contributed by atoms with Crippen LogP contribution in [-0.2, 0) is 5.54 Å². The lowest BCUT2D eigenvalue weighted by molar-refractivity contribution is 0.168. The standard InChI is InChI=1S/C22H23N5O3/c23-20-18(14-17(25-26-20)16-8-4-5-9-19(16)28)27-12-10-22(11-13-27,24-21(29)30)15-6-2-1-3-7-15/h1-9,14,24,28H,10-13H2,(H2,23,26)(H,29,30). The van der Waals surface area contributed by atoms with Crippen molar-refractivity contribution in [3.63, 3.8) is 0 Å². The number of rotatable bonds is 4. The van der Waals surface area contributed by atoms with Gasteiger partial charge in [-0.15, -0.1) is 10.2 Å². The van der Waals surface area contributed by atoms with Crippen LogP contribution in [0.1, 0.15) is 18.4 Å². The second-order valence-electron chi connectivity index (χ2n) is 7.38. The number of carboxylic acid groups (broad SMARTS) is 1. The maximum Gasteiger partial charge on any atom is 0.405 e. The fourth-order valence-electron chi connectivity index (χ4n) is 4.04. The average Bonchev–Trinajstić information content (AvgIpc) is 2.75. The van der Waals surface area contributed by atoms with Crippen molar-refractivity contribution in [2.45, 2.75) is 18.4 Å². The van der Waals surface area contributed by atoms with Crippen molar-refractivity contribution in [2.24, 2.45) is 0 Å². The molecule has 1 aromatic heterocycles. The third-order valence-corrected chi connectivity index (χ3v) is 5.61. The monoisotopic (exact) mass is 405 g/mol. The second kappa shape index (κ2) is 7.90. The lowest BCUT2D eigenvalue weighted by Gasteiger charge is -2.43. The van der Waals surface area contributed by atoms with Crippen LogP contribution in [0.4, 0.5) is 16.3 Å². The molecule has 8 nitrogen and oxygen atoms in total. The second-order valence-corrected chi connectivity index (χ2v) is 7.38. The number of phenolic OH excluding ortho intramolecular Hbond substituents is 1. The number of anilines is 2.